The highest BCUT2D eigenvalue weighted by Crippen LogP contribution is 2.13. The molecule has 0 amide bonds. The number of fused-ring (bicyclic) bond motifs is 1. The monoisotopic (exact) mass is 256 g/mol. The maximum Gasteiger partial charge on any atom is 0.147 e. The molecule has 0 bridgehead atoms. The molecule has 0 spiro atoms. The third-order valence-corrected chi connectivity index (χ3v) is 4.52. The first-order chi connectivity index (χ1) is 8.18. The number of nitrogens with zero attached hydrogens (tertiary/aromatic N) is 3. The summed E-state index contributed by atoms with van der Waals surface area (Å²) < 4.78 is 13.4. The third kappa shape index (κ3) is 3.13. The van der Waals surface area contributed by atoms with Crippen molar-refractivity contribution in [2.45, 2.75) is 44.5 Å². The Balaban J connectivity index is 1.87. The predicted molar refractivity (Wildman–Crippen MR) is 68.2 cm³/mol. The van der Waals surface area contributed by atoms with E-state index in [1.165, 1.54) is 12.8 Å². The van der Waals surface area contributed by atoms with Gasteiger partial charge in [-0.1, -0.05) is 0 Å². The summed E-state index contributed by atoms with van der Waals surface area (Å²) in [6, 6.07) is 0. The van der Waals surface area contributed by atoms with Crippen LogP contribution in [0.1, 0.15) is 31.4 Å². The molecule has 1 aliphatic heterocycles. The van der Waals surface area contributed by atoms with E-state index >= 15 is 0 Å². The zero-order valence-electron chi connectivity index (χ0n) is 10.5. The fourth-order valence-electron chi connectivity index (χ4n) is 2.00. The van der Waals surface area contributed by atoms with Crippen LogP contribution in [0.3, 0.4) is 0 Å². The first-order valence-electron chi connectivity index (χ1n) is 6.12. The maximum atomic E-state index is 11.2. The van der Waals surface area contributed by atoms with Crippen molar-refractivity contribution in [2.24, 2.45) is 0 Å². The minimum atomic E-state index is -0.766. The van der Waals surface area contributed by atoms with Gasteiger partial charge in [0.15, 0.2) is 0 Å². The van der Waals surface area contributed by atoms with Gasteiger partial charge in [0, 0.05) is 41.8 Å². The summed E-state index contributed by atoms with van der Waals surface area (Å²) in [5.74, 6) is 2.12. The van der Waals surface area contributed by atoms with Gasteiger partial charge in [-0.3, -0.25) is 4.21 Å². The van der Waals surface area contributed by atoms with E-state index in [0.717, 1.165) is 31.2 Å². The van der Waals surface area contributed by atoms with Crippen molar-refractivity contribution in [3.63, 3.8) is 0 Å². The molecule has 2 rings (SSSR count). The van der Waals surface area contributed by atoms with Crippen LogP contribution in [0.5, 0.6) is 0 Å². The van der Waals surface area contributed by atoms with Crippen molar-refractivity contribution in [1.82, 2.24) is 20.1 Å². The minimum Gasteiger partial charge on any atom is -0.314 e. The predicted octanol–water partition coefficient (Wildman–Crippen LogP) is 0.471. The van der Waals surface area contributed by atoms with Gasteiger partial charge < -0.3 is 9.88 Å². The highest BCUT2D eigenvalue weighted by Gasteiger charge is 2.15. The second-order valence-electron chi connectivity index (χ2n) is 4.58. The molecule has 0 saturated carbocycles. The van der Waals surface area contributed by atoms with Gasteiger partial charge in [-0.25, -0.2) is 0 Å². The average molecular weight is 256 g/mol. The minimum absolute atomic E-state index is 0.179. The zero-order chi connectivity index (χ0) is 12.3. The highest BCUT2D eigenvalue weighted by atomic mass is 32.2. The fraction of sp³-hybridized carbons (Fsp3) is 0.818. The van der Waals surface area contributed by atoms with E-state index in [4.69, 9.17) is 0 Å². The Morgan fingerprint density at radius 1 is 1.47 bits per heavy atom. The quantitative estimate of drug-likeness (QED) is 0.832. The van der Waals surface area contributed by atoms with Crippen molar-refractivity contribution >= 4 is 10.8 Å². The number of hydrogen-bond acceptors (Lipinski definition) is 4. The molecule has 6 heteroatoms. The fourth-order valence-corrected chi connectivity index (χ4v) is 2.36. The second kappa shape index (κ2) is 5.73. The lowest BCUT2D eigenvalue weighted by atomic mass is 10.2. The van der Waals surface area contributed by atoms with Crippen LogP contribution in [0.2, 0.25) is 0 Å². The van der Waals surface area contributed by atoms with Crippen LogP contribution < -0.4 is 5.32 Å². The molecule has 0 aliphatic carbocycles. The smallest absolute Gasteiger partial charge is 0.147 e. The second-order valence-corrected chi connectivity index (χ2v) is 6.38. The van der Waals surface area contributed by atoms with Gasteiger partial charge >= 0.3 is 0 Å². The van der Waals surface area contributed by atoms with Crippen LogP contribution in [-0.2, 0) is 30.3 Å². The molecule has 1 aromatic rings. The summed E-state index contributed by atoms with van der Waals surface area (Å²) in [6.07, 6.45) is 5.22. The lowest BCUT2D eigenvalue weighted by molar-refractivity contribution is 0.497. The van der Waals surface area contributed by atoms with Gasteiger partial charge in [-0.05, 0) is 19.8 Å². The van der Waals surface area contributed by atoms with Crippen LogP contribution in [-0.4, -0.2) is 37.0 Å². The first kappa shape index (κ1) is 12.7. The maximum absolute atomic E-state index is 11.2. The van der Waals surface area contributed by atoms with Crippen LogP contribution in [0.4, 0.5) is 0 Å². The Kier molecular flexibility index (Phi) is 4.28. The standard InChI is InChI=1S/C11H20N4OS/c1-9(17(2)16)7-12-8-11-14-13-10-5-3-4-6-15(10)11/h9,12H,3-8H2,1-2H3. The van der Waals surface area contributed by atoms with Crippen molar-refractivity contribution in [3.8, 4) is 0 Å². The average Bonchev–Trinajstić information content (AvgIpc) is 2.72. The van der Waals surface area contributed by atoms with E-state index in [1.54, 1.807) is 6.26 Å². The van der Waals surface area contributed by atoms with E-state index in [-0.39, 0.29) is 5.25 Å². The van der Waals surface area contributed by atoms with Crippen molar-refractivity contribution in [2.75, 3.05) is 12.8 Å². The summed E-state index contributed by atoms with van der Waals surface area (Å²) in [5, 5.41) is 11.9. The van der Waals surface area contributed by atoms with E-state index in [2.05, 4.69) is 20.1 Å². The van der Waals surface area contributed by atoms with Gasteiger partial charge in [-0.15, -0.1) is 10.2 Å². The van der Waals surface area contributed by atoms with E-state index < -0.39 is 10.8 Å². The molecule has 96 valence electrons. The number of nitrogens with one attached hydrogen (secondary N) is 1. The van der Waals surface area contributed by atoms with E-state index in [1.807, 2.05) is 6.92 Å². The first-order valence-corrected chi connectivity index (χ1v) is 7.74. The number of hydrogen-bond donors (Lipinski definition) is 1. The van der Waals surface area contributed by atoms with Crippen molar-refractivity contribution in [1.29, 1.82) is 0 Å². The third-order valence-electron chi connectivity index (χ3n) is 3.22. The van der Waals surface area contributed by atoms with Crippen molar-refractivity contribution < 1.29 is 4.21 Å². The Morgan fingerprint density at radius 2 is 2.29 bits per heavy atom. The van der Waals surface area contributed by atoms with Gasteiger partial charge in [0.05, 0.1) is 6.54 Å². The molecule has 2 unspecified atom stereocenters. The summed E-state index contributed by atoms with van der Waals surface area (Å²) in [7, 11) is -0.766. The molecular formula is C11H20N4OS. The SMILES string of the molecule is CC(CNCc1nnc2n1CCCC2)S(C)=O. The Hall–Kier alpha value is -0.750. The van der Waals surface area contributed by atoms with Crippen LogP contribution in [0, 0.1) is 0 Å². The molecule has 2 heterocycles. The Morgan fingerprint density at radius 3 is 3.06 bits per heavy atom. The Bertz CT molecular complexity index is 404. The molecule has 1 aliphatic rings. The largest absolute Gasteiger partial charge is 0.314 e. The molecule has 5 nitrogen and oxygen atoms in total. The topological polar surface area (TPSA) is 59.8 Å². The zero-order valence-corrected chi connectivity index (χ0v) is 11.3. The summed E-state index contributed by atoms with van der Waals surface area (Å²) in [4.78, 5) is 0. The lowest BCUT2D eigenvalue weighted by Gasteiger charge is -2.15. The molecule has 1 N–H and O–H groups in total. The summed E-state index contributed by atoms with van der Waals surface area (Å²) in [5.41, 5.74) is 0. The molecule has 0 fully saturated rings. The number of rotatable bonds is 5. The molecule has 0 radical (unpaired) electrons. The van der Waals surface area contributed by atoms with E-state index in [9.17, 15) is 4.21 Å². The summed E-state index contributed by atoms with van der Waals surface area (Å²) >= 11 is 0. The normalized spacial score (nSPS) is 18.7. The van der Waals surface area contributed by atoms with Gasteiger partial charge in [-0.2, -0.15) is 0 Å². The molecule has 17 heavy (non-hydrogen) atoms. The lowest BCUT2D eigenvalue weighted by Crippen LogP contribution is -2.28. The van der Waals surface area contributed by atoms with Crippen LogP contribution in [0.25, 0.3) is 0 Å². The molecule has 0 aromatic carbocycles. The van der Waals surface area contributed by atoms with Gasteiger partial charge in [0.2, 0.25) is 0 Å². The van der Waals surface area contributed by atoms with Crippen molar-refractivity contribution in [3.05, 3.63) is 11.6 Å². The Labute approximate surface area is 104 Å². The van der Waals surface area contributed by atoms with E-state index in [0.29, 0.717) is 6.54 Å². The number of aromatic nitrogens is 3. The molecule has 2 atom stereocenters. The number of aryl methyl sites for hydroxylation is 1. The van der Waals surface area contributed by atoms with Crippen LogP contribution in [0.15, 0.2) is 0 Å². The van der Waals surface area contributed by atoms with Gasteiger partial charge in [0.25, 0.3) is 0 Å². The molecular weight excluding hydrogens is 236 g/mol. The van der Waals surface area contributed by atoms with Gasteiger partial charge in [0.1, 0.15) is 11.6 Å². The molecule has 0 saturated heterocycles. The highest BCUT2D eigenvalue weighted by molar-refractivity contribution is 7.84. The van der Waals surface area contributed by atoms with Crippen LogP contribution >= 0.6 is 0 Å². The molecule has 1 aromatic heterocycles. The summed E-state index contributed by atoms with van der Waals surface area (Å²) in [6.45, 7) is 4.50.